The Balaban J connectivity index is 1.95. The molecule has 2 heterocycles. The van der Waals surface area contributed by atoms with E-state index in [2.05, 4.69) is 15.5 Å². The predicted molar refractivity (Wildman–Crippen MR) is 75.3 cm³/mol. The van der Waals surface area contributed by atoms with E-state index in [4.69, 9.17) is 9.52 Å². The van der Waals surface area contributed by atoms with E-state index in [-0.39, 0.29) is 6.54 Å². The summed E-state index contributed by atoms with van der Waals surface area (Å²) in [6.45, 7) is 4.22. The molecule has 0 amide bonds. The normalized spacial score (nSPS) is 12.8. The number of carbonyl (C=O) groups is 1. The van der Waals surface area contributed by atoms with Crippen LogP contribution >= 0.6 is 11.3 Å². The van der Waals surface area contributed by atoms with E-state index < -0.39 is 12.0 Å². The molecule has 1 atom stereocenters. The summed E-state index contributed by atoms with van der Waals surface area (Å²) in [6, 6.07) is 3.20. The van der Waals surface area contributed by atoms with Gasteiger partial charge in [-0.05, 0) is 23.8 Å². The van der Waals surface area contributed by atoms with Crippen molar-refractivity contribution >= 4 is 17.3 Å². The van der Waals surface area contributed by atoms with Crippen molar-refractivity contribution in [2.75, 3.05) is 0 Å². The summed E-state index contributed by atoms with van der Waals surface area (Å²) >= 11 is 1.52. The van der Waals surface area contributed by atoms with Gasteiger partial charge in [-0.15, -0.1) is 21.5 Å². The summed E-state index contributed by atoms with van der Waals surface area (Å²) in [4.78, 5) is 12.0. The number of thiophene rings is 1. The van der Waals surface area contributed by atoms with Crippen molar-refractivity contribution in [2.24, 2.45) is 5.92 Å². The number of rotatable bonds is 7. The van der Waals surface area contributed by atoms with Gasteiger partial charge in [0.25, 0.3) is 5.89 Å². The van der Waals surface area contributed by atoms with Crippen LogP contribution in [0.15, 0.2) is 21.9 Å². The highest BCUT2D eigenvalue weighted by Gasteiger charge is 2.19. The van der Waals surface area contributed by atoms with E-state index >= 15 is 0 Å². The molecule has 1 unspecified atom stereocenters. The first-order valence-corrected chi connectivity index (χ1v) is 7.26. The van der Waals surface area contributed by atoms with Gasteiger partial charge in [0.15, 0.2) is 0 Å². The number of carboxylic acid groups (broad SMARTS) is 1. The molecule has 108 valence electrons. The van der Waals surface area contributed by atoms with Gasteiger partial charge >= 0.3 is 5.97 Å². The first-order chi connectivity index (χ1) is 9.56. The Kier molecular flexibility index (Phi) is 4.86. The molecule has 0 bridgehead atoms. The fourth-order valence-corrected chi connectivity index (χ4v) is 2.42. The lowest BCUT2D eigenvalue weighted by molar-refractivity contribution is -0.140. The Morgan fingerprint density at radius 1 is 1.50 bits per heavy atom. The van der Waals surface area contributed by atoms with Crippen molar-refractivity contribution in [2.45, 2.75) is 32.9 Å². The molecule has 0 spiro atoms. The van der Waals surface area contributed by atoms with Gasteiger partial charge in [-0.3, -0.25) is 10.1 Å². The van der Waals surface area contributed by atoms with Gasteiger partial charge in [-0.1, -0.05) is 19.9 Å². The second kappa shape index (κ2) is 6.62. The molecule has 2 aromatic rings. The highest BCUT2D eigenvalue weighted by Crippen LogP contribution is 2.22. The molecule has 0 aromatic carbocycles. The summed E-state index contributed by atoms with van der Waals surface area (Å²) in [6.07, 6.45) is 0.557. The predicted octanol–water partition coefficient (Wildman–Crippen LogP) is 2.39. The van der Waals surface area contributed by atoms with Crippen LogP contribution in [0.4, 0.5) is 0 Å². The molecule has 0 radical (unpaired) electrons. The number of hydrogen-bond acceptors (Lipinski definition) is 6. The van der Waals surface area contributed by atoms with E-state index in [9.17, 15) is 4.79 Å². The zero-order chi connectivity index (χ0) is 14.5. The van der Waals surface area contributed by atoms with Gasteiger partial charge in [0.2, 0.25) is 5.89 Å². The summed E-state index contributed by atoms with van der Waals surface area (Å²) in [5.74, 6) is 0.292. The van der Waals surface area contributed by atoms with Crippen LogP contribution in [0.1, 0.15) is 26.2 Å². The van der Waals surface area contributed by atoms with Gasteiger partial charge in [0, 0.05) is 0 Å². The van der Waals surface area contributed by atoms with Gasteiger partial charge in [-0.25, -0.2) is 0 Å². The minimum Gasteiger partial charge on any atom is -0.480 e. The SMILES string of the molecule is CC(C)CC(NCc1nnc(-c2cccs2)o1)C(=O)O. The van der Waals surface area contributed by atoms with E-state index in [0.29, 0.717) is 24.1 Å². The van der Waals surface area contributed by atoms with Crippen molar-refractivity contribution in [3.63, 3.8) is 0 Å². The molecule has 2 aromatic heterocycles. The van der Waals surface area contributed by atoms with Crippen molar-refractivity contribution in [1.29, 1.82) is 0 Å². The van der Waals surface area contributed by atoms with Crippen LogP contribution in [0.5, 0.6) is 0 Å². The second-order valence-corrected chi connectivity index (χ2v) is 5.83. The summed E-state index contributed by atoms with van der Waals surface area (Å²) in [5.41, 5.74) is 0. The van der Waals surface area contributed by atoms with Crippen LogP contribution in [0, 0.1) is 5.92 Å². The molecular formula is C13H17N3O3S. The van der Waals surface area contributed by atoms with Crippen LogP contribution < -0.4 is 5.32 Å². The molecule has 6 nitrogen and oxygen atoms in total. The average molecular weight is 295 g/mol. The lowest BCUT2D eigenvalue weighted by Gasteiger charge is -2.14. The third-order valence-electron chi connectivity index (χ3n) is 2.70. The number of hydrogen-bond donors (Lipinski definition) is 2. The molecule has 0 aliphatic carbocycles. The van der Waals surface area contributed by atoms with Crippen LogP contribution in [0.2, 0.25) is 0 Å². The van der Waals surface area contributed by atoms with Crippen molar-refractivity contribution in [3.05, 3.63) is 23.4 Å². The van der Waals surface area contributed by atoms with Crippen molar-refractivity contribution < 1.29 is 14.3 Å². The Morgan fingerprint density at radius 2 is 2.30 bits per heavy atom. The van der Waals surface area contributed by atoms with E-state index in [1.165, 1.54) is 11.3 Å². The highest BCUT2D eigenvalue weighted by molar-refractivity contribution is 7.13. The maximum atomic E-state index is 11.1. The maximum absolute atomic E-state index is 11.1. The van der Waals surface area contributed by atoms with Gasteiger partial charge in [-0.2, -0.15) is 0 Å². The molecular weight excluding hydrogens is 278 g/mol. The molecule has 0 saturated carbocycles. The largest absolute Gasteiger partial charge is 0.480 e. The first kappa shape index (κ1) is 14.7. The fraction of sp³-hybridized carbons (Fsp3) is 0.462. The standard InChI is InChI=1S/C13H17N3O3S/c1-8(2)6-9(13(17)18)14-7-11-15-16-12(19-11)10-4-3-5-20-10/h3-5,8-9,14H,6-7H2,1-2H3,(H,17,18). The summed E-state index contributed by atoms with van der Waals surface area (Å²) in [7, 11) is 0. The quantitative estimate of drug-likeness (QED) is 0.815. The van der Waals surface area contributed by atoms with Gasteiger partial charge < -0.3 is 9.52 Å². The van der Waals surface area contributed by atoms with Crippen molar-refractivity contribution in [1.82, 2.24) is 15.5 Å². The lowest BCUT2D eigenvalue weighted by Crippen LogP contribution is -2.37. The topological polar surface area (TPSA) is 88.3 Å². The molecule has 20 heavy (non-hydrogen) atoms. The fourth-order valence-electron chi connectivity index (χ4n) is 1.78. The van der Waals surface area contributed by atoms with E-state index in [1.807, 2.05) is 31.4 Å². The van der Waals surface area contributed by atoms with Crippen molar-refractivity contribution in [3.8, 4) is 10.8 Å². The third kappa shape index (κ3) is 3.88. The Hall–Kier alpha value is -1.73. The van der Waals surface area contributed by atoms with Gasteiger partial charge in [0.05, 0.1) is 11.4 Å². The molecule has 0 fully saturated rings. The average Bonchev–Trinajstić information content (AvgIpc) is 3.03. The number of aliphatic carboxylic acids is 1. The number of carboxylic acids is 1. The third-order valence-corrected chi connectivity index (χ3v) is 3.56. The molecule has 2 rings (SSSR count). The number of nitrogens with one attached hydrogen (secondary N) is 1. The van der Waals surface area contributed by atoms with Crippen LogP contribution in [0.3, 0.4) is 0 Å². The monoisotopic (exact) mass is 295 g/mol. The van der Waals surface area contributed by atoms with Crippen LogP contribution in [-0.4, -0.2) is 27.3 Å². The maximum Gasteiger partial charge on any atom is 0.320 e. The van der Waals surface area contributed by atoms with E-state index in [1.54, 1.807) is 0 Å². The zero-order valence-corrected chi connectivity index (χ0v) is 12.2. The Bertz CT molecular complexity index is 551. The number of aromatic nitrogens is 2. The second-order valence-electron chi connectivity index (χ2n) is 4.88. The minimum absolute atomic E-state index is 0.252. The summed E-state index contributed by atoms with van der Waals surface area (Å²) < 4.78 is 5.50. The first-order valence-electron chi connectivity index (χ1n) is 6.38. The number of nitrogens with zero attached hydrogens (tertiary/aromatic N) is 2. The van der Waals surface area contributed by atoms with Gasteiger partial charge in [0.1, 0.15) is 6.04 Å². The molecule has 7 heteroatoms. The lowest BCUT2D eigenvalue weighted by atomic mass is 10.0. The Morgan fingerprint density at radius 3 is 2.90 bits per heavy atom. The van der Waals surface area contributed by atoms with Crippen LogP contribution in [-0.2, 0) is 11.3 Å². The molecule has 0 saturated heterocycles. The molecule has 2 N–H and O–H groups in total. The summed E-state index contributed by atoms with van der Waals surface area (Å²) in [5, 5.41) is 21.9. The Labute approximate surface area is 120 Å². The minimum atomic E-state index is -0.864. The van der Waals surface area contributed by atoms with E-state index in [0.717, 1.165) is 4.88 Å². The highest BCUT2D eigenvalue weighted by atomic mass is 32.1. The molecule has 0 aliphatic heterocycles. The smallest absolute Gasteiger partial charge is 0.320 e. The zero-order valence-electron chi connectivity index (χ0n) is 11.4. The van der Waals surface area contributed by atoms with Crippen LogP contribution in [0.25, 0.3) is 10.8 Å². The molecule has 0 aliphatic rings.